The number of aromatic nitrogens is 1. The second kappa shape index (κ2) is 5.43. The summed E-state index contributed by atoms with van der Waals surface area (Å²) in [6.07, 6.45) is 1.79. The summed E-state index contributed by atoms with van der Waals surface area (Å²) < 4.78 is 0.951. The maximum atomic E-state index is 10.2. The van der Waals surface area contributed by atoms with E-state index in [2.05, 4.69) is 20.9 Å². The predicted octanol–water partition coefficient (Wildman–Crippen LogP) is 3.43. The van der Waals surface area contributed by atoms with Crippen molar-refractivity contribution in [3.05, 3.63) is 63.9 Å². The minimum absolute atomic E-state index is 0.495. The zero-order valence-corrected chi connectivity index (χ0v) is 11.2. The smallest absolute Gasteiger partial charge is 0.0848 e. The number of aryl methyl sites for hydroxylation is 1. The number of hydrogen-bond acceptors (Lipinski definition) is 2. The molecule has 1 atom stereocenters. The average molecular weight is 292 g/mol. The first-order valence-corrected chi connectivity index (χ1v) is 6.30. The van der Waals surface area contributed by atoms with Crippen molar-refractivity contribution in [1.82, 2.24) is 4.98 Å². The highest BCUT2D eigenvalue weighted by Gasteiger charge is 2.11. The van der Waals surface area contributed by atoms with Gasteiger partial charge in [0.1, 0.15) is 0 Å². The molecule has 0 aliphatic heterocycles. The lowest BCUT2D eigenvalue weighted by molar-refractivity contribution is 0.176. The number of pyridine rings is 1. The molecule has 0 spiro atoms. The van der Waals surface area contributed by atoms with Crippen molar-refractivity contribution in [3.63, 3.8) is 0 Å². The summed E-state index contributed by atoms with van der Waals surface area (Å²) in [7, 11) is 0. The standard InChI is InChI=1S/C14H14BrNO/c1-10-4-2-3-5-13(10)14(17)8-12-7-6-11(15)9-16-12/h2-7,9,14,17H,8H2,1H3. The molecule has 0 fully saturated rings. The summed E-state index contributed by atoms with van der Waals surface area (Å²) in [4.78, 5) is 4.27. The fourth-order valence-electron chi connectivity index (χ4n) is 1.80. The molecule has 1 aromatic heterocycles. The van der Waals surface area contributed by atoms with Gasteiger partial charge >= 0.3 is 0 Å². The van der Waals surface area contributed by atoms with Crippen molar-refractivity contribution >= 4 is 15.9 Å². The van der Waals surface area contributed by atoms with Crippen molar-refractivity contribution in [1.29, 1.82) is 0 Å². The molecule has 2 rings (SSSR count). The SMILES string of the molecule is Cc1ccccc1C(O)Cc1ccc(Br)cn1. The van der Waals surface area contributed by atoms with Gasteiger partial charge in [-0.15, -0.1) is 0 Å². The summed E-state index contributed by atoms with van der Waals surface area (Å²) in [6.45, 7) is 2.01. The van der Waals surface area contributed by atoms with E-state index in [4.69, 9.17) is 0 Å². The second-order valence-electron chi connectivity index (χ2n) is 4.04. The summed E-state index contributed by atoms with van der Waals surface area (Å²) in [6, 6.07) is 11.7. The van der Waals surface area contributed by atoms with Crippen LogP contribution in [0.25, 0.3) is 0 Å². The first kappa shape index (κ1) is 12.3. The Hall–Kier alpha value is -1.19. The van der Waals surface area contributed by atoms with Crippen molar-refractivity contribution in [2.24, 2.45) is 0 Å². The van der Waals surface area contributed by atoms with Crippen LogP contribution in [-0.4, -0.2) is 10.1 Å². The van der Waals surface area contributed by atoms with Gasteiger partial charge in [0, 0.05) is 22.8 Å². The number of rotatable bonds is 3. The van der Waals surface area contributed by atoms with Crippen LogP contribution in [0.2, 0.25) is 0 Å². The van der Waals surface area contributed by atoms with Crippen molar-refractivity contribution < 1.29 is 5.11 Å². The first-order valence-electron chi connectivity index (χ1n) is 5.51. The molecular formula is C14H14BrNO. The van der Waals surface area contributed by atoms with Crippen LogP contribution in [-0.2, 0) is 6.42 Å². The van der Waals surface area contributed by atoms with Crippen LogP contribution in [0.3, 0.4) is 0 Å². The maximum absolute atomic E-state index is 10.2. The lowest BCUT2D eigenvalue weighted by Gasteiger charge is -2.13. The highest BCUT2D eigenvalue weighted by Crippen LogP contribution is 2.21. The molecule has 1 N–H and O–H groups in total. The number of aliphatic hydroxyl groups is 1. The van der Waals surface area contributed by atoms with E-state index in [0.717, 1.165) is 21.3 Å². The molecule has 3 heteroatoms. The van der Waals surface area contributed by atoms with Gasteiger partial charge in [-0.05, 0) is 46.1 Å². The molecule has 1 heterocycles. The van der Waals surface area contributed by atoms with E-state index < -0.39 is 6.10 Å². The van der Waals surface area contributed by atoms with Gasteiger partial charge in [-0.1, -0.05) is 24.3 Å². The van der Waals surface area contributed by atoms with Crippen molar-refractivity contribution in [2.75, 3.05) is 0 Å². The molecule has 0 saturated heterocycles. The molecule has 88 valence electrons. The van der Waals surface area contributed by atoms with E-state index in [9.17, 15) is 5.11 Å². The minimum Gasteiger partial charge on any atom is -0.388 e. The zero-order valence-electron chi connectivity index (χ0n) is 9.60. The topological polar surface area (TPSA) is 33.1 Å². The van der Waals surface area contributed by atoms with Gasteiger partial charge in [-0.25, -0.2) is 0 Å². The van der Waals surface area contributed by atoms with Crippen molar-refractivity contribution in [2.45, 2.75) is 19.4 Å². The third-order valence-electron chi connectivity index (χ3n) is 2.74. The van der Waals surface area contributed by atoms with Gasteiger partial charge in [-0.2, -0.15) is 0 Å². The van der Waals surface area contributed by atoms with E-state index in [0.29, 0.717) is 6.42 Å². The molecule has 0 radical (unpaired) electrons. The van der Waals surface area contributed by atoms with Gasteiger partial charge in [0.15, 0.2) is 0 Å². The van der Waals surface area contributed by atoms with Gasteiger partial charge < -0.3 is 5.11 Å². The van der Waals surface area contributed by atoms with Gasteiger partial charge in [0.05, 0.1) is 6.10 Å². The lowest BCUT2D eigenvalue weighted by Crippen LogP contribution is -2.04. The zero-order chi connectivity index (χ0) is 12.3. The van der Waals surface area contributed by atoms with Crippen LogP contribution in [0.1, 0.15) is 22.9 Å². The molecule has 0 bridgehead atoms. The number of aliphatic hydroxyl groups excluding tert-OH is 1. The average Bonchev–Trinajstić information content (AvgIpc) is 2.32. The Morgan fingerprint density at radius 1 is 1.24 bits per heavy atom. The predicted molar refractivity (Wildman–Crippen MR) is 71.8 cm³/mol. The molecule has 0 aliphatic carbocycles. The lowest BCUT2D eigenvalue weighted by atomic mass is 10.00. The Morgan fingerprint density at radius 3 is 2.65 bits per heavy atom. The number of nitrogens with zero attached hydrogens (tertiary/aromatic N) is 1. The molecule has 2 aromatic rings. The van der Waals surface area contributed by atoms with E-state index in [1.165, 1.54) is 0 Å². The molecule has 17 heavy (non-hydrogen) atoms. The monoisotopic (exact) mass is 291 g/mol. The highest BCUT2D eigenvalue weighted by atomic mass is 79.9. The van der Waals surface area contributed by atoms with Gasteiger partial charge in [-0.3, -0.25) is 4.98 Å². The van der Waals surface area contributed by atoms with Crippen LogP contribution in [0, 0.1) is 6.92 Å². The fraction of sp³-hybridized carbons (Fsp3) is 0.214. The summed E-state index contributed by atoms with van der Waals surface area (Å²) in [5.74, 6) is 0. The van der Waals surface area contributed by atoms with Gasteiger partial charge in [0.2, 0.25) is 0 Å². The Balaban J connectivity index is 2.14. The summed E-state index contributed by atoms with van der Waals surface area (Å²) >= 11 is 3.34. The van der Waals surface area contributed by atoms with Crippen LogP contribution in [0.15, 0.2) is 47.1 Å². The summed E-state index contributed by atoms with van der Waals surface area (Å²) in [5, 5.41) is 10.2. The molecule has 2 nitrogen and oxygen atoms in total. The molecule has 0 amide bonds. The number of hydrogen-bond donors (Lipinski definition) is 1. The van der Waals surface area contributed by atoms with E-state index in [1.807, 2.05) is 43.3 Å². The largest absolute Gasteiger partial charge is 0.388 e. The van der Waals surface area contributed by atoms with Crippen LogP contribution in [0.5, 0.6) is 0 Å². The van der Waals surface area contributed by atoms with Crippen molar-refractivity contribution in [3.8, 4) is 0 Å². The fourth-order valence-corrected chi connectivity index (χ4v) is 2.03. The number of benzene rings is 1. The van der Waals surface area contributed by atoms with Crippen LogP contribution in [0.4, 0.5) is 0 Å². The van der Waals surface area contributed by atoms with E-state index in [1.54, 1.807) is 6.20 Å². The van der Waals surface area contributed by atoms with E-state index >= 15 is 0 Å². The molecule has 1 unspecified atom stereocenters. The number of halogens is 1. The van der Waals surface area contributed by atoms with E-state index in [-0.39, 0.29) is 0 Å². The minimum atomic E-state index is -0.495. The Kier molecular flexibility index (Phi) is 3.92. The third-order valence-corrected chi connectivity index (χ3v) is 3.21. The summed E-state index contributed by atoms with van der Waals surface area (Å²) in [5.41, 5.74) is 2.97. The first-order chi connectivity index (χ1) is 8.16. The highest BCUT2D eigenvalue weighted by molar-refractivity contribution is 9.10. The molecule has 1 aromatic carbocycles. The van der Waals surface area contributed by atoms with Gasteiger partial charge in [0.25, 0.3) is 0 Å². The Labute approximate surface area is 109 Å². The second-order valence-corrected chi connectivity index (χ2v) is 4.96. The van der Waals surface area contributed by atoms with Crippen LogP contribution >= 0.6 is 15.9 Å². The quantitative estimate of drug-likeness (QED) is 0.940. The maximum Gasteiger partial charge on any atom is 0.0848 e. The van der Waals surface area contributed by atoms with Crippen LogP contribution < -0.4 is 0 Å². The normalized spacial score (nSPS) is 12.4. The molecule has 0 aliphatic rings. The molecule has 0 saturated carbocycles. The Morgan fingerprint density at radius 2 is 2.00 bits per heavy atom. The molecular weight excluding hydrogens is 278 g/mol. The Bertz CT molecular complexity index is 496. The third kappa shape index (κ3) is 3.14.